The fourth-order valence-electron chi connectivity index (χ4n) is 2.78. The third kappa shape index (κ3) is 5.04. The molecule has 31 heavy (non-hydrogen) atoms. The van der Waals surface area contributed by atoms with E-state index in [4.69, 9.17) is 5.73 Å². The summed E-state index contributed by atoms with van der Waals surface area (Å²) in [5.74, 6) is -2.77. The van der Waals surface area contributed by atoms with E-state index in [-0.39, 0.29) is 21.8 Å². The number of para-hydroxylation sites is 1. The Morgan fingerprint density at radius 2 is 1.42 bits per heavy atom. The van der Waals surface area contributed by atoms with E-state index in [9.17, 15) is 26.8 Å². The topological polar surface area (TPSA) is 110 Å². The lowest BCUT2D eigenvalue weighted by atomic mass is 10.1. The van der Waals surface area contributed by atoms with Crippen LogP contribution in [0.2, 0.25) is 0 Å². The summed E-state index contributed by atoms with van der Waals surface area (Å²) in [5.41, 5.74) is 5.47. The summed E-state index contributed by atoms with van der Waals surface area (Å²) in [5, 5.41) is 2.46. The quantitative estimate of drug-likeness (QED) is 0.583. The molecule has 0 aliphatic carbocycles. The summed E-state index contributed by atoms with van der Waals surface area (Å²) in [6.45, 7) is -0.696. The van der Waals surface area contributed by atoms with Crippen molar-refractivity contribution in [1.82, 2.24) is 0 Å². The molecular weight excluding hydrogens is 428 g/mol. The number of nitrogens with zero attached hydrogens (tertiary/aromatic N) is 1. The Labute approximate surface area is 177 Å². The van der Waals surface area contributed by atoms with Gasteiger partial charge in [-0.15, -0.1) is 0 Å². The number of benzene rings is 3. The molecule has 3 aromatic rings. The normalized spacial score (nSPS) is 11.0. The first-order valence-corrected chi connectivity index (χ1v) is 10.3. The van der Waals surface area contributed by atoms with Crippen LogP contribution in [-0.2, 0) is 14.8 Å². The average Bonchev–Trinajstić information content (AvgIpc) is 2.73. The minimum atomic E-state index is -4.31. The van der Waals surface area contributed by atoms with Gasteiger partial charge in [-0.25, -0.2) is 17.2 Å². The number of nitrogens with two attached hydrogens (primary N) is 1. The molecule has 0 radical (unpaired) electrons. The second-order valence-corrected chi connectivity index (χ2v) is 8.26. The smallest absolute Gasteiger partial charge is 0.264 e. The van der Waals surface area contributed by atoms with Crippen LogP contribution in [0, 0.1) is 11.6 Å². The lowest BCUT2D eigenvalue weighted by Crippen LogP contribution is -2.38. The van der Waals surface area contributed by atoms with Gasteiger partial charge in [0.25, 0.3) is 15.9 Å². The third-order valence-electron chi connectivity index (χ3n) is 4.27. The van der Waals surface area contributed by atoms with Crippen LogP contribution < -0.4 is 15.4 Å². The number of nitrogens with one attached hydrogen (secondary N) is 1. The lowest BCUT2D eigenvalue weighted by Gasteiger charge is -2.24. The number of amides is 2. The van der Waals surface area contributed by atoms with Gasteiger partial charge < -0.3 is 11.1 Å². The predicted molar refractivity (Wildman–Crippen MR) is 111 cm³/mol. The van der Waals surface area contributed by atoms with Gasteiger partial charge in [0.2, 0.25) is 5.91 Å². The number of halogens is 2. The minimum absolute atomic E-state index is 0.0176. The number of hydrogen-bond acceptors (Lipinski definition) is 4. The highest BCUT2D eigenvalue weighted by atomic mass is 32.2. The molecule has 0 atom stereocenters. The molecule has 3 aromatic carbocycles. The Hall–Kier alpha value is -3.79. The van der Waals surface area contributed by atoms with E-state index in [1.807, 2.05) is 0 Å². The monoisotopic (exact) mass is 445 g/mol. The number of primary amides is 1. The molecule has 0 unspecified atom stereocenters. The van der Waals surface area contributed by atoms with E-state index in [2.05, 4.69) is 5.32 Å². The molecule has 7 nitrogen and oxygen atoms in total. The maximum absolute atomic E-state index is 13.4. The van der Waals surface area contributed by atoms with Crippen LogP contribution in [-0.4, -0.2) is 26.8 Å². The molecule has 10 heteroatoms. The maximum Gasteiger partial charge on any atom is 0.264 e. The first-order chi connectivity index (χ1) is 14.7. The summed E-state index contributed by atoms with van der Waals surface area (Å²) < 4.78 is 53.6. The van der Waals surface area contributed by atoms with E-state index in [1.165, 1.54) is 24.3 Å². The predicted octanol–water partition coefficient (Wildman–Crippen LogP) is 2.90. The summed E-state index contributed by atoms with van der Waals surface area (Å²) in [6.07, 6.45) is 0. The molecule has 0 bridgehead atoms. The maximum atomic E-state index is 13.4. The first kappa shape index (κ1) is 21.9. The van der Waals surface area contributed by atoms with Crippen molar-refractivity contribution in [3.63, 3.8) is 0 Å². The summed E-state index contributed by atoms with van der Waals surface area (Å²) in [7, 11) is -4.31. The van der Waals surface area contributed by atoms with Crippen LogP contribution in [0.5, 0.6) is 0 Å². The van der Waals surface area contributed by atoms with Crippen LogP contribution in [0.3, 0.4) is 0 Å². The number of carbonyl (C=O) groups excluding carboxylic acids is 2. The molecule has 0 aliphatic rings. The molecule has 3 N–H and O–H groups in total. The lowest BCUT2D eigenvalue weighted by molar-refractivity contribution is -0.114. The molecule has 2 amide bonds. The molecule has 0 saturated carbocycles. The molecule has 0 aromatic heterocycles. The fourth-order valence-corrected chi connectivity index (χ4v) is 4.20. The van der Waals surface area contributed by atoms with E-state index < -0.39 is 40.0 Å². The van der Waals surface area contributed by atoms with Gasteiger partial charge in [0.05, 0.1) is 21.8 Å². The van der Waals surface area contributed by atoms with Crippen LogP contribution in [0.4, 0.5) is 20.2 Å². The van der Waals surface area contributed by atoms with Crippen LogP contribution >= 0.6 is 0 Å². The first-order valence-electron chi connectivity index (χ1n) is 8.91. The van der Waals surface area contributed by atoms with Gasteiger partial charge in [0, 0.05) is 0 Å². The molecule has 0 spiro atoms. The zero-order valence-corrected chi connectivity index (χ0v) is 16.8. The zero-order chi connectivity index (χ0) is 22.6. The van der Waals surface area contributed by atoms with Crippen molar-refractivity contribution in [2.45, 2.75) is 4.90 Å². The molecule has 160 valence electrons. The van der Waals surface area contributed by atoms with Gasteiger partial charge in [-0.2, -0.15) is 0 Å². The van der Waals surface area contributed by atoms with Crippen LogP contribution in [0.25, 0.3) is 0 Å². The molecule has 0 heterocycles. The highest BCUT2D eigenvalue weighted by molar-refractivity contribution is 7.92. The van der Waals surface area contributed by atoms with Crippen molar-refractivity contribution in [2.24, 2.45) is 5.73 Å². The molecule has 0 aliphatic heterocycles. The number of hydrogen-bond donors (Lipinski definition) is 2. The second kappa shape index (κ2) is 8.92. The Kier molecular flexibility index (Phi) is 6.30. The largest absolute Gasteiger partial charge is 0.366 e. The standard InChI is InChI=1S/C21H17F2N3O4S/c22-14-5-9-16(10-6-14)26(31(29,30)17-11-7-15(23)8-12-17)13-20(27)25-19-4-2-1-3-18(19)21(24)28/h1-12H,13H2,(H2,24,28)(H,25,27). The average molecular weight is 445 g/mol. The van der Waals surface area contributed by atoms with Crippen molar-refractivity contribution in [3.05, 3.63) is 90.0 Å². The number of carbonyl (C=O) groups is 2. The van der Waals surface area contributed by atoms with Crippen molar-refractivity contribution in [1.29, 1.82) is 0 Å². The van der Waals surface area contributed by atoms with Gasteiger partial charge in [0.15, 0.2) is 0 Å². The Morgan fingerprint density at radius 3 is 2.00 bits per heavy atom. The van der Waals surface area contributed by atoms with Gasteiger partial charge in [-0.3, -0.25) is 13.9 Å². The highest BCUT2D eigenvalue weighted by Crippen LogP contribution is 2.24. The van der Waals surface area contributed by atoms with Gasteiger partial charge >= 0.3 is 0 Å². The van der Waals surface area contributed by atoms with E-state index in [1.54, 1.807) is 12.1 Å². The van der Waals surface area contributed by atoms with E-state index in [0.29, 0.717) is 0 Å². The van der Waals surface area contributed by atoms with Crippen molar-refractivity contribution in [2.75, 3.05) is 16.2 Å². The second-order valence-electron chi connectivity index (χ2n) is 6.40. The SMILES string of the molecule is NC(=O)c1ccccc1NC(=O)CN(c1ccc(F)cc1)S(=O)(=O)c1ccc(F)cc1. The summed E-state index contributed by atoms with van der Waals surface area (Å²) in [4.78, 5) is 24.0. The molecule has 3 rings (SSSR count). The highest BCUT2D eigenvalue weighted by Gasteiger charge is 2.27. The van der Waals surface area contributed by atoms with Gasteiger partial charge in [0.1, 0.15) is 18.2 Å². The van der Waals surface area contributed by atoms with E-state index in [0.717, 1.165) is 40.7 Å². The fraction of sp³-hybridized carbons (Fsp3) is 0.0476. The van der Waals surface area contributed by atoms with Crippen molar-refractivity contribution >= 4 is 33.2 Å². The minimum Gasteiger partial charge on any atom is -0.366 e. The number of sulfonamides is 1. The Bertz CT molecular complexity index is 1210. The molecule has 0 saturated heterocycles. The Morgan fingerprint density at radius 1 is 0.871 bits per heavy atom. The summed E-state index contributed by atoms with van der Waals surface area (Å²) in [6, 6.07) is 14.5. The van der Waals surface area contributed by atoms with Crippen molar-refractivity contribution < 1.29 is 26.8 Å². The third-order valence-corrected chi connectivity index (χ3v) is 6.06. The van der Waals surface area contributed by atoms with Crippen LogP contribution in [0.1, 0.15) is 10.4 Å². The molecule has 0 fully saturated rings. The van der Waals surface area contributed by atoms with E-state index >= 15 is 0 Å². The van der Waals surface area contributed by atoms with Gasteiger partial charge in [-0.1, -0.05) is 12.1 Å². The number of rotatable bonds is 7. The van der Waals surface area contributed by atoms with Gasteiger partial charge in [-0.05, 0) is 60.7 Å². The molecular formula is C21H17F2N3O4S. The Balaban J connectivity index is 1.96. The van der Waals surface area contributed by atoms with Crippen LogP contribution in [0.15, 0.2) is 77.7 Å². The van der Waals surface area contributed by atoms with Crippen molar-refractivity contribution in [3.8, 4) is 0 Å². The summed E-state index contributed by atoms with van der Waals surface area (Å²) >= 11 is 0. The number of anilines is 2. The zero-order valence-electron chi connectivity index (χ0n) is 16.0.